The third kappa shape index (κ3) is 1.66. The molecule has 0 radical (unpaired) electrons. The lowest BCUT2D eigenvalue weighted by Gasteiger charge is -2.25. The average molecular weight is 161 g/mol. The molecule has 0 aliphatic heterocycles. The van der Waals surface area contributed by atoms with Gasteiger partial charge in [-0.1, -0.05) is 26.2 Å². The Morgan fingerprint density at radius 3 is 2.30 bits per heavy atom. The van der Waals surface area contributed by atoms with Crippen LogP contribution < -0.4 is 0 Å². The topological polar surface area (TPSA) is 0 Å². The molecule has 0 nitrogen and oxygen atoms in total. The summed E-state index contributed by atoms with van der Waals surface area (Å²) in [5, 5.41) is 0. The molecule has 0 aromatic carbocycles. The van der Waals surface area contributed by atoms with Crippen molar-refractivity contribution in [1.82, 2.24) is 0 Å². The molecule has 0 spiro atoms. The van der Waals surface area contributed by atoms with Crippen LogP contribution in [0.4, 0.5) is 0 Å². The number of halogens is 1. The van der Waals surface area contributed by atoms with Crippen LogP contribution in [0.2, 0.25) is 0 Å². The zero-order chi connectivity index (χ0) is 7.45. The van der Waals surface area contributed by atoms with Crippen LogP contribution in [-0.2, 0) is 0 Å². The zero-order valence-electron chi connectivity index (χ0n) is 6.83. The lowest BCUT2D eigenvalue weighted by Crippen LogP contribution is -2.17. The van der Waals surface area contributed by atoms with Crippen molar-refractivity contribution in [3.63, 3.8) is 0 Å². The molecule has 1 aliphatic rings. The first-order valence-electron chi connectivity index (χ1n) is 4.39. The highest BCUT2D eigenvalue weighted by atomic mass is 35.5. The lowest BCUT2D eigenvalue weighted by molar-refractivity contribution is 0.311. The van der Waals surface area contributed by atoms with Gasteiger partial charge in [-0.3, -0.25) is 0 Å². The Kier molecular flexibility index (Phi) is 3.03. The van der Waals surface area contributed by atoms with Crippen molar-refractivity contribution in [1.29, 1.82) is 0 Å². The van der Waals surface area contributed by atoms with Crippen LogP contribution in [0, 0.1) is 5.41 Å². The predicted octanol–water partition coefficient (Wildman–Crippen LogP) is 3.59. The normalized spacial score (nSPS) is 23.4. The van der Waals surface area contributed by atoms with Gasteiger partial charge in [0.05, 0.1) is 0 Å². The molecule has 0 amide bonds. The molecule has 0 saturated heterocycles. The van der Waals surface area contributed by atoms with Gasteiger partial charge >= 0.3 is 0 Å². The number of rotatable bonds is 3. The molecular formula is C9H17Cl. The van der Waals surface area contributed by atoms with Crippen molar-refractivity contribution in [2.75, 3.05) is 5.88 Å². The van der Waals surface area contributed by atoms with Crippen molar-refractivity contribution in [2.24, 2.45) is 5.41 Å². The highest BCUT2D eigenvalue weighted by Gasteiger charge is 2.31. The van der Waals surface area contributed by atoms with Crippen LogP contribution in [0.5, 0.6) is 0 Å². The third-order valence-electron chi connectivity index (χ3n) is 2.73. The van der Waals surface area contributed by atoms with Crippen molar-refractivity contribution >= 4 is 11.6 Å². The van der Waals surface area contributed by atoms with E-state index in [4.69, 9.17) is 11.6 Å². The van der Waals surface area contributed by atoms with E-state index < -0.39 is 0 Å². The van der Waals surface area contributed by atoms with Gasteiger partial charge in [0, 0.05) is 5.88 Å². The summed E-state index contributed by atoms with van der Waals surface area (Å²) in [4.78, 5) is 0. The first-order chi connectivity index (χ1) is 4.83. The Morgan fingerprint density at radius 2 is 1.90 bits per heavy atom. The summed E-state index contributed by atoms with van der Waals surface area (Å²) in [6, 6.07) is 0. The summed E-state index contributed by atoms with van der Waals surface area (Å²) in [6.07, 6.45) is 8.22. The Balaban J connectivity index is 2.41. The van der Waals surface area contributed by atoms with E-state index in [1.807, 2.05) is 0 Å². The molecule has 1 saturated carbocycles. The fourth-order valence-electron chi connectivity index (χ4n) is 2.11. The minimum absolute atomic E-state index is 0.552. The van der Waals surface area contributed by atoms with Gasteiger partial charge in [-0.25, -0.2) is 0 Å². The third-order valence-corrected chi connectivity index (χ3v) is 3.29. The van der Waals surface area contributed by atoms with Crippen LogP contribution in [0.25, 0.3) is 0 Å². The maximum Gasteiger partial charge on any atom is 0.0279 e. The van der Waals surface area contributed by atoms with Crippen molar-refractivity contribution in [3.8, 4) is 0 Å². The maximum atomic E-state index is 5.94. The Bertz CT molecular complexity index is 92.9. The number of hydrogen-bond donors (Lipinski definition) is 0. The van der Waals surface area contributed by atoms with Gasteiger partial charge < -0.3 is 0 Å². The molecule has 0 bridgehead atoms. The van der Waals surface area contributed by atoms with Crippen molar-refractivity contribution in [3.05, 3.63) is 0 Å². The highest BCUT2D eigenvalue weighted by molar-refractivity contribution is 6.18. The molecule has 0 aromatic heterocycles. The van der Waals surface area contributed by atoms with Crippen molar-refractivity contribution in [2.45, 2.75) is 45.4 Å². The standard InChI is InChI=1S/C9H17Cl/c1-2-5-9(8-10)6-3-4-7-9/h2-8H2,1H3. The second-order valence-electron chi connectivity index (χ2n) is 3.59. The fraction of sp³-hybridized carbons (Fsp3) is 1.00. The van der Waals surface area contributed by atoms with E-state index in [2.05, 4.69) is 6.92 Å². The Hall–Kier alpha value is 0.290. The highest BCUT2D eigenvalue weighted by Crippen LogP contribution is 2.42. The minimum Gasteiger partial charge on any atom is -0.126 e. The number of alkyl halides is 1. The summed E-state index contributed by atoms with van der Waals surface area (Å²) in [7, 11) is 0. The van der Waals surface area contributed by atoms with Gasteiger partial charge in [0.15, 0.2) is 0 Å². The molecule has 0 N–H and O–H groups in total. The van der Waals surface area contributed by atoms with Gasteiger partial charge in [-0.15, -0.1) is 11.6 Å². The second kappa shape index (κ2) is 3.61. The Morgan fingerprint density at radius 1 is 1.30 bits per heavy atom. The smallest absolute Gasteiger partial charge is 0.0279 e. The monoisotopic (exact) mass is 160 g/mol. The maximum absolute atomic E-state index is 5.94. The van der Waals surface area contributed by atoms with Crippen LogP contribution in [0.3, 0.4) is 0 Å². The lowest BCUT2D eigenvalue weighted by atomic mass is 9.84. The van der Waals surface area contributed by atoms with E-state index in [-0.39, 0.29) is 0 Å². The van der Waals surface area contributed by atoms with Gasteiger partial charge in [0.25, 0.3) is 0 Å². The van der Waals surface area contributed by atoms with E-state index >= 15 is 0 Å². The summed E-state index contributed by atoms with van der Waals surface area (Å²) < 4.78 is 0. The van der Waals surface area contributed by atoms with E-state index in [1.165, 1.54) is 38.5 Å². The first kappa shape index (κ1) is 8.39. The SMILES string of the molecule is CCCC1(CCl)CCCC1. The second-order valence-corrected chi connectivity index (χ2v) is 3.86. The zero-order valence-corrected chi connectivity index (χ0v) is 7.58. The van der Waals surface area contributed by atoms with E-state index in [0.717, 1.165) is 5.88 Å². The minimum atomic E-state index is 0.552. The van der Waals surface area contributed by atoms with Crippen LogP contribution in [0.15, 0.2) is 0 Å². The van der Waals surface area contributed by atoms with E-state index in [1.54, 1.807) is 0 Å². The van der Waals surface area contributed by atoms with Crippen LogP contribution >= 0.6 is 11.6 Å². The molecule has 60 valence electrons. The fourth-order valence-corrected chi connectivity index (χ4v) is 2.51. The summed E-state index contributed by atoms with van der Waals surface area (Å²) in [5.41, 5.74) is 0.552. The molecule has 10 heavy (non-hydrogen) atoms. The molecule has 0 atom stereocenters. The molecule has 1 aliphatic carbocycles. The van der Waals surface area contributed by atoms with Crippen LogP contribution in [-0.4, -0.2) is 5.88 Å². The quantitative estimate of drug-likeness (QED) is 0.554. The molecule has 1 fully saturated rings. The first-order valence-corrected chi connectivity index (χ1v) is 4.92. The van der Waals surface area contributed by atoms with E-state index in [9.17, 15) is 0 Å². The van der Waals surface area contributed by atoms with Gasteiger partial charge in [0.1, 0.15) is 0 Å². The summed E-state index contributed by atoms with van der Waals surface area (Å²) in [5.74, 6) is 0.890. The summed E-state index contributed by atoms with van der Waals surface area (Å²) >= 11 is 5.94. The predicted molar refractivity (Wildman–Crippen MR) is 46.5 cm³/mol. The molecular weight excluding hydrogens is 144 g/mol. The van der Waals surface area contributed by atoms with Crippen molar-refractivity contribution < 1.29 is 0 Å². The average Bonchev–Trinajstić information content (AvgIpc) is 2.39. The van der Waals surface area contributed by atoms with Gasteiger partial charge in [-0.2, -0.15) is 0 Å². The van der Waals surface area contributed by atoms with Gasteiger partial charge in [0.2, 0.25) is 0 Å². The molecule has 0 aromatic rings. The van der Waals surface area contributed by atoms with E-state index in [0.29, 0.717) is 5.41 Å². The Labute approximate surface area is 69.0 Å². The molecule has 0 heterocycles. The van der Waals surface area contributed by atoms with Crippen LogP contribution in [0.1, 0.15) is 45.4 Å². The number of hydrogen-bond acceptors (Lipinski definition) is 0. The molecule has 1 heteroatoms. The van der Waals surface area contributed by atoms with Gasteiger partial charge in [-0.05, 0) is 24.7 Å². The molecule has 1 rings (SSSR count). The molecule has 0 unspecified atom stereocenters. The summed E-state index contributed by atoms with van der Waals surface area (Å²) in [6.45, 7) is 2.26. The largest absolute Gasteiger partial charge is 0.126 e.